The van der Waals surface area contributed by atoms with Crippen molar-refractivity contribution in [3.63, 3.8) is 0 Å². The SMILES string of the molecule is CCCNC(=O)C1=NN(c2ccccc2)C(=O)CC1. The lowest BCUT2D eigenvalue weighted by atomic mass is 10.1. The van der Waals surface area contributed by atoms with Gasteiger partial charge in [0.25, 0.3) is 5.91 Å². The summed E-state index contributed by atoms with van der Waals surface area (Å²) in [6.07, 6.45) is 1.59. The second kappa shape index (κ2) is 6.13. The summed E-state index contributed by atoms with van der Waals surface area (Å²) in [7, 11) is 0. The molecule has 0 unspecified atom stereocenters. The molecule has 0 spiro atoms. The van der Waals surface area contributed by atoms with E-state index in [4.69, 9.17) is 0 Å². The quantitative estimate of drug-likeness (QED) is 0.894. The molecule has 1 aromatic carbocycles. The van der Waals surface area contributed by atoms with Crippen LogP contribution in [-0.4, -0.2) is 24.1 Å². The van der Waals surface area contributed by atoms with Crippen molar-refractivity contribution in [1.82, 2.24) is 5.32 Å². The molecule has 0 aromatic heterocycles. The van der Waals surface area contributed by atoms with Crippen molar-refractivity contribution in [2.45, 2.75) is 26.2 Å². The van der Waals surface area contributed by atoms with E-state index in [1.54, 1.807) is 12.1 Å². The molecule has 0 radical (unpaired) electrons. The third kappa shape index (κ3) is 3.19. The number of benzene rings is 1. The third-order valence-electron chi connectivity index (χ3n) is 2.83. The highest BCUT2D eigenvalue weighted by Crippen LogP contribution is 2.19. The fourth-order valence-electron chi connectivity index (χ4n) is 1.83. The van der Waals surface area contributed by atoms with Crippen molar-refractivity contribution in [3.05, 3.63) is 30.3 Å². The van der Waals surface area contributed by atoms with Crippen LogP contribution in [0.25, 0.3) is 0 Å². The van der Waals surface area contributed by atoms with Crippen LogP contribution < -0.4 is 10.3 Å². The first-order chi connectivity index (χ1) is 9.22. The molecule has 0 bridgehead atoms. The van der Waals surface area contributed by atoms with E-state index >= 15 is 0 Å². The van der Waals surface area contributed by atoms with E-state index in [2.05, 4.69) is 10.4 Å². The molecule has 5 nitrogen and oxygen atoms in total. The predicted molar refractivity (Wildman–Crippen MR) is 73.9 cm³/mol. The standard InChI is InChI=1S/C14H17N3O2/c1-2-10-15-14(19)12-8-9-13(18)17(16-12)11-6-4-3-5-7-11/h3-7H,2,8-10H2,1H3,(H,15,19). The number of rotatable bonds is 4. The van der Waals surface area contributed by atoms with Gasteiger partial charge in [-0.15, -0.1) is 0 Å². The van der Waals surface area contributed by atoms with Crippen LogP contribution in [0.2, 0.25) is 0 Å². The zero-order chi connectivity index (χ0) is 13.7. The molecule has 0 fully saturated rings. The van der Waals surface area contributed by atoms with Crippen LogP contribution in [0.1, 0.15) is 26.2 Å². The van der Waals surface area contributed by atoms with Crippen LogP contribution in [0.4, 0.5) is 5.69 Å². The van der Waals surface area contributed by atoms with Gasteiger partial charge in [-0.3, -0.25) is 9.59 Å². The van der Waals surface area contributed by atoms with Gasteiger partial charge in [0.1, 0.15) is 5.71 Å². The predicted octanol–water partition coefficient (Wildman–Crippen LogP) is 1.70. The maximum atomic E-state index is 11.9. The summed E-state index contributed by atoms with van der Waals surface area (Å²) in [4.78, 5) is 23.7. The van der Waals surface area contributed by atoms with Gasteiger partial charge in [0, 0.05) is 19.4 Å². The van der Waals surface area contributed by atoms with Gasteiger partial charge >= 0.3 is 0 Å². The van der Waals surface area contributed by atoms with Crippen molar-refractivity contribution < 1.29 is 9.59 Å². The van der Waals surface area contributed by atoms with Crippen molar-refractivity contribution in [2.75, 3.05) is 11.6 Å². The number of hydrogen-bond acceptors (Lipinski definition) is 3. The Morgan fingerprint density at radius 1 is 1.32 bits per heavy atom. The molecular formula is C14H17N3O2. The summed E-state index contributed by atoms with van der Waals surface area (Å²) in [5.41, 5.74) is 1.10. The Labute approximate surface area is 112 Å². The first-order valence-electron chi connectivity index (χ1n) is 6.46. The molecular weight excluding hydrogens is 242 g/mol. The summed E-state index contributed by atoms with van der Waals surface area (Å²) >= 11 is 0. The number of hydrogen-bond donors (Lipinski definition) is 1. The second-order valence-corrected chi connectivity index (χ2v) is 4.34. The fraction of sp³-hybridized carbons (Fsp3) is 0.357. The average molecular weight is 259 g/mol. The number of carbonyl (C=O) groups is 2. The Bertz CT molecular complexity index is 497. The van der Waals surface area contributed by atoms with Crippen molar-refractivity contribution in [1.29, 1.82) is 0 Å². The van der Waals surface area contributed by atoms with Gasteiger partial charge in [0.15, 0.2) is 0 Å². The van der Waals surface area contributed by atoms with Crippen molar-refractivity contribution >= 4 is 23.2 Å². The summed E-state index contributed by atoms with van der Waals surface area (Å²) < 4.78 is 0. The molecule has 5 heteroatoms. The number of hydrazone groups is 1. The maximum Gasteiger partial charge on any atom is 0.267 e. The minimum absolute atomic E-state index is 0.0850. The summed E-state index contributed by atoms with van der Waals surface area (Å²) in [6.45, 7) is 2.61. The molecule has 1 heterocycles. The van der Waals surface area contributed by atoms with E-state index in [9.17, 15) is 9.59 Å². The molecule has 0 saturated carbocycles. The minimum Gasteiger partial charge on any atom is -0.351 e. The highest BCUT2D eigenvalue weighted by Gasteiger charge is 2.25. The highest BCUT2D eigenvalue weighted by molar-refractivity contribution is 6.40. The first kappa shape index (κ1) is 13.3. The van der Waals surface area contributed by atoms with E-state index in [0.29, 0.717) is 30.8 Å². The molecule has 0 atom stereocenters. The lowest BCUT2D eigenvalue weighted by Gasteiger charge is -2.23. The van der Waals surface area contributed by atoms with Crippen molar-refractivity contribution in [3.8, 4) is 0 Å². The van der Waals surface area contributed by atoms with Crippen LogP contribution in [0.3, 0.4) is 0 Å². The molecule has 1 N–H and O–H groups in total. The first-order valence-corrected chi connectivity index (χ1v) is 6.46. The van der Waals surface area contributed by atoms with Gasteiger partial charge in [-0.25, -0.2) is 5.01 Å². The molecule has 1 aliphatic rings. The number of nitrogens with zero attached hydrogens (tertiary/aromatic N) is 2. The van der Waals surface area contributed by atoms with Gasteiger partial charge in [0.2, 0.25) is 5.91 Å². The van der Waals surface area contributed by atoms with Crippen LogP contribution in [0, 0.1) is 0 Å². The normalized spacial score (nSPS) is 15.1. The fourth-order valence-corrected chi connectivity index (χ4v) is 1.83. The van der Waals surface area contributed by atoms with E-state index in [0.717, 1.165) is 6.42 Å². The number of nitrogens with one attached hydrogen (secondary N) is 1. The largest absolute Gasteiger partial charge is 0.351 e. The van der Waals surface area contributed by atoms with Gasteiger partial charge in [0.05, 0.1) is 5.69 Å². The lowest BCUT2D eigenvalue weighted by molar-refractivity contribution is -0.118. The van der Waals surface area contributed by atoms with E-state index < -0.39 is 0 Å². The van der Waals surface area contributed by atoms with Gasteiger partial charge in [-0.05, 0) is 18.6 Å². The lowest BCUT2D eigenvalue weighted by Crippen LogP contribution is -2.39. The van der Waals surface area contributed by atoms with Crippen LogP contribution in [0.15, 0.2) is 35.4 Å². The number of anilines is 1. The smallest absolute Gasteiger partial charge is 0.267 e. The van der Waals surface area contributed by atoms with Crippen LogP contribution in [0.5, 0.6) is 0 Å². The van der Waals surface area contributed by atoms with Gasteiger partial charge in [-0.1, -0.05) is 25.1 Å². The molecule has 0 aliphatic carbocycles. The topological polar surface area (TPSA) is 61.8 Å². The molecule has 1 aromatic rings. The minimum atomic E-state index is -0.185. The monoisotopic (exact) mass is 259 g/mol. The second-order valence-electron chi connectivity index (χ2n) is 4.34. The Kier molecular flexibility index (Phi) is 4.28. The summed E-state index contributed by atoms with van der Waals surface area (Å²) in [6, 6.07) is 9.15. The zero-order valence-corrected chi connectivity index (χ0v) is 10.9. The highest BCUT2D eigenvalue weighted by atomic mass is 16.2. The average Bonchev–Trinajstić information content (AvgIpc) is 2.46. The summed E-state index contributed by atoms with van der Waals surface area (Å²) in [5, 5.41) is 8.27. The Morgan fingerprint density at radius 3 is 2.74 bits per heavy atom. The van der Waals surface area contributed by atoms with E-state index in [1.165, 1.54) is 5.01 Å². The van der Waals surface area contributed by atoms with Crippen LogP contribution in [-0.2, 0) is 9.59 Å². The van der Waals surface area contributed by atoms with Gasteiger partial charge < -0.3 is 5.32 Å². The number of carbonyl (C=O) groups excluding carboxylic acids is 2. The number of amides is 2. The molecule has 19 heavy (non-hydrogen) atoms. The van der Waals surface area contributed by atoms with E-state index in [1.807, 2.05) is 25.1 Å². The number of para-hydroxylation sites is 1. The van der Waals surface area contributed by atoms with Gasteiger partial charge in [-0.2, -0.15) is 5.10 Å². The molecule has 1 aliphatic heterocycles. The molecule has 0 saturated heterocycles. The maximum absolute atomic E-state index is 11.9. The Morgan fingerprint density at radius 2 is 2.05 bits per heavy atom. The molecule has 2 amide bonds. The van der Waals surface area contributed by atoms with Crippen LogP contribution >= 0.6 is 0 Å². The third-order valence-corrected chi connectivity index (χ3v) is 2.83. The summed E-state index contributed by atoms with van der Waals surface area (Å²) in [5.74, 6) is -0.270. The van der Waals surface area contributed by atoms with E-state index in [-0.39, 0.29) is 11.8 Å². The molecule has 100 valence electrons. The van der Waals surface area contributed by atoms with Crippen molar-refractivity contribution in [2.24, 2.45) is 5.10 Å². The zero-order valence-electron chi connectivity index (χ0n) is 10.9. The molecule has 2 rings (SSSR count). The Balaban J connectivity index is 2.18. The Hall–Kier alpha value is -2.17.